The SMILES string of the molecule is C=C1CC[C@H]2[C@@](C)(Cc3c([nH]c4ccccc34)[C@@]2(C)COC(=O)c2ccccc2)[C@@H]1C/C=C1/C(=O)OC[C@H]1O[Si](C)(C)C(C)(C)C. The number of ether oxygens (including phenoxy) is 2. The molecule has 1 saturated heterocycles. The molecule has 0 bridgehead atoms. The Hall–Kier alpha value is -3.42. The lowest BCUT2D eigenvalue weighted by Gasteiger charge is -2.58. The van der Waals surface area contributed by atoms with E-state index in [0.717, 1.165) is 24.8 Å². The number of cyclic esters (lactones) is 1. The van der Waals surface area contributed by atoms with E-state index < -0.39 is 13.7 Å². The molecule has 0 radical (unpaired) electrons. The normalized spacial score (nSPS) is 29.0. The Kier molecular flexibility index (Phi) is 8.25. The number of fused-ring (bicyclic) bond motifs is 4. The predicted molar refractivity (Wildman–Crippen MR) is 185 cm³/mol. The summed E-state index contributed by atoms with van der Waals surface area (Å²) in [6, 6.07) is 17.7. The minimum atomic E-state index is -2.12. The monoisotopic (exact) mass is 639 g/mol. The third kappa shape index (κ3) is 5.49. The number of para-hydroxylation sites is 1. The van der Waals surface area contributed by atoms with Crippen LogP contribution in [0.4, 0.5) is 0 Å². The second kappa shape index (κ2) is 11.7. The van der Waals surface area contributed by atoms with Gasteiger partial charge in [0.25, 0.3) is 0 Å². The highest BCUT2D eigenvalue weighted by Crippen LogP contribution is 2.61. The van der Waals surface area contributed by atoms with Crippen molar-refractivity contribution in [2.75, 3.05) is 13.2 Å². The van der Waals surface area contributed by atoms with E-state index in [9.17, 15) is 9.59 Å². The molecule has 2 fully saturated rings. The van der Waals surface area contributed by atoms with Gasteiger partial charge in [0, 0.05) is 22.0 Å². The van der Waals surface area contributed by atoms with Gasteiger partial charge in [-0.1, -0.05) is 89.2 Å². The van der Waals surface area contributed by atoms with E-state index in [1.54, 1.807) is 12.1 Å². The van der Waals surface area contributed by atoms with Gasteiger partial charge in [0.15, 0.2) is 8.32 Å². The summed E-state index contributed by atoms with van der Waals surface area (Å²) in [6.07, 6.45) is 5.15. The maximum Gasteiger partial charge on any atom is 0.338 e. The van der Waals surface area contributed by atoms with Gasteiger partial charge < -0.3 is 18.9 Å². The van der Waals surface area contributed by atoms with Crippen LogP contribution in [0.3, 0.4) is 0 Å². The lowest BCUT2D eigenvalue weighted by molar-refractivity contribution is -0.135. The number of benzene rings is 2. The van der Waals surface area contributed by atoms with Crippen LogP contribution in [0, 0.1) is 17.3 Å². The fourth-order valence-electron chi connectivity index (χ4n) is 8.29. The molecule has 2 heterocycles. The number of hydrogen-bond acceptors (Lipinski definition) is 5. The van der Waals surface area contributed by atoms with E-state index in [1.165, 1.54) is 22.2 Å². The molecule has 1 N–H and O–H groups in total. The smallest absolute Gasteiger partial charge is 0.338 e. The molecule has 0 spiro atoms. The second-order valence-electron chi connectivity index (χ2n) is 15.7. The van der Waals surface area contributed by atoms with Crippen molar-refractivity contribution < 1.29 is 23.5 Å². The topological polar surface area (TPSA) is 77.6 Å². The summed E-state index contributed by atoms with van der Waals surface area (Å²) in [4.78, 5) is 30.1. The molecular formula is C39H49NO5Si. The molecule has 244 valence electrons. The van der Waals surface area contributed by atoms with Crippen molar-refractivity contribution in [3.05, 3.63) is 95.2 Å². The molecular weight excluding hydrogens is 591 g/mol. The average Bonchev–Trinajstić information content (AvgIpc) is 3.55. The first-order valence-corrected chi connectivity index (χ1v) is 19.6. The van der Waals surface area contributed by atoms with E-state index >= 15 is 0 Å². The maximum absolute atomic E-state index is 13.2. The number of aromatic amines is 1. The number of rotatable bonds is 7. The number of aromatic nitrogens is 1. The van der Waals surface area contributed by atoms with Crippen LogP contribution in [-0.4, -0.2) is 44.6 Å². The van der Waals surface area contributed by atoms with Gasteiger partial charge in [-0.05, 0) is 84.8 Å². The Morgan fingerprint density at radius 3 is 2.52 bits per heavy atom. The number of esters is 2. The van der Waals surface area contributed by atoms with Gasteiger partial charge in [-0.25, -0.2) is 9.59 Å². The molecule has 7 heteroatoms. The highest BCUT2D eigenvalue weighted by atomic mass is 28.4. The summed E-state index contributed by atoms with van der Waals surface area (Å²) >= 11 is 0. The highest BCUT2D eigenvalue weighted by Gasteiger charge is 2.58. The third-order valence-corrected chi connectivity index (χ3v) is 16.3. The van der Waals surface area contributed by atoms with Gasteiger partial charge in [0.2, 0.25) is 0 Å². The number of allylic oxidation sites excluding steroid dienone is 2. The summed E-state index contributed by atoms with van der Waals surface area (Å²) in [6.45, 7) is 20.9. The van der Waals surface area contributed by atoms with Gasteiger partial charge in [-0.2, -0.15) is 0 Å². The van der Waals surface area contributed by atoms with Crippen LogP contribution in [0.15, 0.2) is 78.4 Å². The molecule has 46 heavy (non-hydrogen) atoms. The third-order valence-electron chi connectivity index (χ3n) is 11.8. The van der Waals surface area contributed by atoms with Crippen molar-refractivity contribution in [1.82, 2.24) is 4.98 Å². The number of hydrogen-bond donors (Lipinski definition) is 1. The molecule has 3 aromatic rings. The van der Waals surface area contributed by atoms with Gasteiger partial charge in [-0.3, -0.25) is 0 Å². The minimum Gasteiger partial charge on any atom is -0.461 e. The molecule has 0 unspecified atom stereocenters. The number of H-pyrrole nitrogens is 1. The Balaban J connectivity index is 1.36. The maximum atomic E-state index is 13.2. The Labute approximate surface area is 274 Å². The molecule has 5 atom stereocenters. The van der Waals surface area contributed by atoms with Crippen LogP contribution < -0.4 is 0 Å². The summed E-state index contributed by atoms with van der Waals surface area (Å²) < 4.78 is 18.4. The lowest BCUT2D eigenvalue weighted by Crippen LogP contribution is -2.55. The molecule has 0 amide bonds. The molecule has 6 rings (SSSR count). The Morgan fingerprint density at radius 1 is 1.11 bits per heavy atom. The quantitative estimate of drug-likeness (QED) is 0.121. The van der Waals surface area contributed by atoms with E-state index in [0.29, 0.717) is 17.6 Å². The van der Waals surface area contributed by atoms with Crippen LogP contribution in [-0.2, 0) is 30.5 Å². The highest BCUT2D eigenvalue weighted by molar-refractivity contribution is 6.74. The molecule has 2 aliphatic carbocycles. The number of carbonyl (C=O) groups excluding carboxylic acids is 2. The molecule has 2 aromatic carbocycles. The van der Waals surface area contributed by atoms with Gasteiger partial charge in [-0.15, -0.1) is 0 Å². The molecule has 1 aromatic heterocycles. The zero-order chi connectivity index (χ0) is 33.1. The van der Waals surface area contributed by atoms with Crippen LogP contribution in [0.25, 0.3) is 10.9 Å². The molecule has 6 nitrogen and oxygen atoms in total. The van der Waals surface area contributed by atoms with E-state index in [2.05, 4.69) is 89.6 Å². The predicted octanol–water partition coefficient (Wildman–Crippen LogP) is 8.69. The van der Waals surface area contributed by atoms with Crippen molar-refractivity contribution in [2.24, 2.45) is 17.3 Å². The summed E-state index contributed by atoms with van der Waals surface area (Å²) in [5, 5.41) is 1.24. The lowest BCUT2D eigenvalue weighted by atomic mass is 9.46. The molecule has 1 saturated carbocycles. The van der Waals surface area contributed by atoms with Crippen molar-refractivity contribution in [3.63, 3.8) is 0 Å². The largest absolute Gasteiger partial charge is 0.461 e. The second-order valence-corrected chi connectivity index (χ2v) is 20.5. The summed E-state index contributed by atoms with van der Waals surface area (Å²) in [5.41, 5.74) is 5.35. The van der Waals surface area contributed by atoms with Crippen molar-refractivity contribution in [3.8, 4) is 0 Å². The minimum absolute atomic E-state index is 0.0235. The van der Waals surface area contributed by atoms with E-state index in [4.69, 9.17) is 13.9 Å². The van der Waals surface area contributed by atoms with Crippen LogP contribution in [0.5, 0.6) is 0 Å². The summed E-state index contributed by atoms with van der Waals surface area (Å²) in [5.74, 6) is -0.229. The zero-order valence-corrected chi connectivity index (χ0v) is 29.5. The van der Waals surface area contributed by atoms with Crippen molar-refractivity contribution in [2.45, 2.75) is 90.0 Å². The number of nitrogens with one attached hydrogen (secondary N) is 1. The molecule has 3 aliphatic rings. The van der Waals surface area contributed by atoms with Gasteiger partial charge in [0.1, 0.15) is 19.3 Å². The molecule has 1 aliphatic heterocycles. The van der Waals surface area contributed by atoms with E-state index in [-0.39, 0.29) is 53.5 Å². The number of carbonyl (C=O) groups is 2. The fourth-order valence-corrected chi connectivity index (χ4v) is 9.55. The zero-order valence-electron chi connectivity index (χ0n) is 28.5. The van der Waals surface area contributed by atoms with Crippen molar-refractivity contribution >= 4 is 31.2 Å². The van der Waals surface area contributed by atoms with Crippen molar-refractivity contribution in [1.29, 1.82) is 0 Å². The first-order valence-electron chi connectivity index (χ1n) is 16.7. The van der Waals surface area contributed by atoms with Gasteiger partial charge >= 0.3 is 11.9 Å². The Morgan fingerprint density at radius 2 is 1.80 bits per heavy atom. The first kappa shape index (κ1) is 32.5. The van der Waals surface area contributed by atoms with Crippen LogP contribution in [0.1, 0.15) is 75.5 Å². The summed E-state index contributed by atoms with van der Waals surface area (Å²) in [7, 11) is -2.12. The average molecular weight is 640 g/mol. The van der Waals surface area contributed by atoms with E-state index in [1.807, 2.05) is 18.2 Å². The standard InChI is InChI=1S/C39H49NO5Si/c1-25-18-21-33-38(5,30(25)20-19-28-32(23-43-36(28)42)45-46(7,8)37(2,3)4)22-29-27-16-12-13-17-31(27)40-34(29)39(33,6)24-44-35(41)26-14-10-9-11-15-26/h9-17,19,30,32-33,40H,1,18,20-24H2,2-8H3/b28-19+/t30-,32-,33+,38+,39+/m1/s1. The fraction of sp³-hybridized carbons (Fsp3) is 0.487. The first-order chi connectivity index (χ1) is 21.7. The van der Waals surface area contributed by atoms with Crippen LogP contribution in [0.2, 0.25) is 18.1 Å². The Bertz CT molecular complexity index is 1700. The van der Waals surface area contributed by atoms with Crippen LogP contribution >= 0.6 is 0 Å². The van der Waals surface area contributed by atoms with Gasteiger partial charge in [0.05, 0.1) is 11.1 Å².